The average Bonchev–Trinajstić information content (AvgIpc) is 2.43. The molecule has 0 fully saturated rings. The molecule has 0 unspecified atom stereocenters. The molecule has 0 aliphatic rings. The zero-order valence-electron chi connectivity index (χ0n) is 12.3. The molecule has 22 heavy (non-hydrogen) atoms. The maximum absolute atomic E-state index is 13.0. The molecule has 0 bridgehead atoms. The summed E-state index contributed by atoms with van der Waals surface area (Å²) in [4.78, 5) is 0. The molecule has 2 aromatic rings. The van der Waals surface area contributed by atoms with Crippen molar-refractivity contribution >= 4 is 15.9 Å². The van der Waals surface area contributed by atoms with Gasteiger partial charge in [-0.05, 0) is 75.8 Å². The molecule has 0 aromatic heterocycles. The van der Waals surface area contributed by atoms with E-state index in [-0.39, 0.29) is 5.75 Å². The average molecular weight is 373 g/mol. The molecule has 0 aliphatic carbocycles. The minimum Gasteiger partial charge on any atom is -0.508 e. The Bertz CT molecular complexity index is 693. The Morgan fingerprint density at radius 3 is 2.41 bits per heavy atom. The Labute approximate surface area is 135 Å². The van der Waals surface area contributed by atoms with Gasteiger partial charge in [-0.25, -0.2) is 0 Å². The number of halogens is 4. The van der Waals surface area contributed by atoms with Gasteiger partial charge in [-0.2, -0.15) is 13.2 Å². The number of rotatable bonds is 3. The fraction of sp³-hybridized carbons (Fsp3) is 0.294. The zero-order chi connectivity index (χ0) is 16.5. The summed E-state index contributed by atoms with van der Waals surface area (Å²) in [7, 11) is 0. The first kappa shape index (κ1) is 16.9. The van der Waals surface area contributed by atoms with Gasteiger partial charge in [0, 0.05) is 4.47 Å². The fourth-order valence-corrected chi connectivity index (χ4v) is 2.82. The first-order chi connectivity index (χ1) is 10.2. The number of benzene rings is 2. The van der Waals surface area contributed by atoms with Crippen LogP contribution in [0.5, 0.6) is 5.75 Å². The summed E-state index contributed by atoms with van der Waals surface area (Å²) >= 11 is 3.37. The van der Waals surface area contributed by atoms with Gasteiger partial charge in [-0.1, -0.05) is 19.4 Å². The minimum atomic E-state index is -4.39. The van der Waals surface area contributed by atoms with E-state index in [1.54, 1.807) is 19.1 Å². The summed E-state index contributed by atoms with van der Waals surface area (Å²) < 4.78 is 39.6. The molecule has 0 aliphatic heterocycles. The zero-order valence-corrected chi connectivity index (χ0v) is 13.8. The van der Waals surface area contributed by atoms with Crippen LogP contribution in [0, 0.1) is 6.92 Å². The number of hydrogen-bond acceptors (Lipinski definition) is 1. The summed E-state index contributed by atoms with van der Waals surface area (Å²) in [5.41, 5.74) is 1.72. The Kier molecular flexibility index (Phi) is 4.85. The van der Waals surface area contributed by atoms with Gasteiger partial charge >= 0.3 is 6.18 Å². The highest BCUT2D eigenvalue weighted by Crippen LogP contribution is 2.39. The topological polar surface area (TPSA) is 20.2 Å². The Balaban J connectivity index is 2.61. The molecule has 0 atom stereocenters. The first-order valence-electron chi connectivity index (χ1n) is 6.93. The minimum absolute atomic E-state index is 0.172. The highest BCUT2D eigenvalue weighted by Gasteiger charge is 2.31. The number of phenols is 1. The summed E-state index contributed by atoms with van der Waals surface area (Å²) in [6.45, 7) is 3.62. The smallest absolute Gasteiger partial charge is 0.416 e. The number of aromatic hydroxyl groups is 1. The van der Waals surface area contributed by atoms with E-state index in [1.165, 1.54) is 6.07 Å². The molecular formula is C17H16BrF3O. The highest BCUT2D eigenvalue weighted by atomic mass is 79.9. The van der Waals surface area contributed by atoms with Crippen molar-refractivity contribution in [1.82, 2.24) is 0 Å². The Morgan fingerprint density at radius 2 is 1.82 bits per heavy atom. The van der Waals surface area contributed by atoms with Crippen molar-refractivity contribution in [3.8, 4) is 16.9 Å². The van der Waals surface area contributed by atoms with Crippen LogP contribution in [0.1, 0.15) is 30.0 Å². The quantitative estimate of drug-likeness (QED) is 0.689. The molecule has 0 saturated carbocycles. The van der Waals surface area contributed by atoms with E-state index in [0.29, 0.717) is 27.6 Å². The summed E-state index contributed by atoms with van der Waals surface area (Å²) in [5, 5.41) is 9.83. The van der Waals surface area contributed by atoms with Gasteiger partial charge in [0.1, 0.15) is 5.75 Å². The van der Waals surface area contributed by atoms with Crippen LogP contribution in [0.3, 0.4) is 0 Å². The lowest BCUT2D eigenvalue weighted by atomic mass is 9.97. The van der Waals surface area contributed by atoms with Crippen molar-refractivity contribution in [2.24, 2.45) is 0 Å². The maximum atomic E-state index is 13.0. The lowest BCUT2D eigenvalue weighted by Crippen LogP contribution is -2.06. The van der Waals surface area contributed by atoms with Gasteiger partial charge in [0.05, 0.1) is 5.56 Å². The Hall–Kier alpha value is -1.49. The highest BCUT2D eigenvalue weighted by molar-refractivity contribution is 9.10. The van der Waals surface area contributed by atoms with Crippen LogP contribution in [0.15, 0.2) is 34.8 Å². The van der Waals surface area contributed by atoms with E-state index < -0.39 is 11.7 Å². The molecule has 2 rings (SSSR count). The SMILES string of the molecule is CCCc1cc(-c2cc(C(F)(F)F)cc(C)c2Br)ccc1O. The van der Waals surface area contributed by atoms with E-state index in [0.717, 1.165) is 24.1 Å². The molecule has 2 aromatic carbocycles. The summed E-state index contributed by atoms with van der Waals surface area (Å²) in [6, 6.07) is 7.18. The van der Waals surface area contributed by atoms with E-state index in [4.69, 9.17) is 0 Å². The normalized spacial score (nSPS) is 11.7. The van der Waals surface area contributed by atoms with Crippen molar-refractivity contribution in [3.63, 3.8) is 0 Å². The Morgan fingerprint density at radius 1 is 1.14 bits per heavy atom. The standard InChI is InChI=1S/C17H16BrF3O/c1-3-4-12-8-11(5-6-15(12)22)14-9-13(17(19,20)21)7-10(2)16(14)18/h5-9,22H,3-4H2,1-2H3. The number of phenolic OH excluding ortho intramolecular Hbond substituents is 1. The van der Waals surface area contributed by atoms with Crippen molar-refractivity contribution in [3.05, 3.63) is 51.5 Å². The second-order valence-electron chi connectivity index (χ2n) is 5.25. The molecule has 0 radical (unpaired) electrons. The van der Waals surface area contributed by atoms with Gasteiger partial charge < -0.3 is 5.11 Å². The molecule has 0 heterocycles. The van der Waals surface area contributed by atoms with Crippen LogP contribution in [-0.2, 0) is 12.6 Å². The van der Waals surface area contributed by atoms with Crippen LogP contribution in [0.2, 0.25) is 0 Å². The van der Waals surface area contributed by atoms with Crippen molar-refractivity contribution < 1.29 is 18.3 Å². The second kappa shape index (κ2) is 6.32. The lowest BCUT2D eigenvalue weighted by Gasteiger charge is -2.14. The van der Waals surface area contributed by atoms with Crippen molar-refractivity contribution in [1.29, 1.82) is 0 Å². The second-order valence-corrected chi connectivity index (χ2v) is 6.04. The maximum Gasteiger partial charge on any atom is 0.416 e. The molecule has 118 valence electrons. The fourth-order valence-electron chi connectivity index (χ4n) is 2.37. The number of aryl methyl sites for hydroxylation is 2. The van der Waals surface area contributed by atoms with E-state index in [2.05, 4.69) is 15.9 Å². The van der Waals surface area contributed by atoms with Crippen LogP contribution in [0.25, 0.3) is 11.1 Å². The summed E-state index contributed by atoms with van der Waals surface area (Å²) in [5.74, 6) is 0.172. The lowest BCUT2D eigenvalue weighted by molar-refractivity contribution is -0.137. The van der Waals surface area contributed by atoms with Gasteiger partial charge in [0.25, 0.3) is 0 Å². The molecule has 1 N–H and O–H groups in total. The molecule has 0 saturated heterocycles. The van der Waals surface area contributed by atoms with E-state index in [9.17, 15) is 18.3 Å². The third kappa shape index (κ3) is 3.46. The number of hydrogen-bond donors (Lipinski definition) is 1. The largest absolute Gasteiger partial charge is 0.508 e. The van der Waals surface area contributed by atoms with Crippen molar-refractivity contribution in [2.45, 2.75) is 32.9 Å². The molecular weight excluding hydrogens is 357 g/mol. The van der Waals surface area contributed by atoms with E-state index >= 15 is 0 Å². The van der Waals surface area contributed by atoms with E-state index in [1.807, 2.05) is 6.92 Å². The molecule has 5 heteroatoms. The molecule has 0 spiro atoms. The monoisotopic (exact) mass is 372 g/mol. The van der Waals surface area contributed by atoms with Crippen LogP contribution in [0.4, 0.5) is 13.2 Å². The molecule has 1 nitrogen and oxygen atoms in total. The predicted octanol–water partition coefficient (Wildman–Crippen LogP) is 6.10. The third-order valence-electron chi connectivity index (χ3n) is 3.49. The third-order valence-corrected chi connectivity index (χ3v) is 4.54. The van der Waals surface area contributed by atoms with Gasteiger partial charge in [-0.15, -0.1) is 0 Å². The van der Waals surface area contributed by atoms with Gasteiger partial charge in [0.2, 0.25) is 0 Å². The van der Waals surface area contributed by atoms with Crippen LogP contribution < -0.4 is 0 Å². The number of alkyl halides is 3. The van der Waals surface area contributed by atoms with Crippen LogP contribution in [-0.4, -0.2) is 5.11 Å². The van der Waals surface area contributed by atoms with Crippen LogP contribution >= 0.6 is 15.9 Å². The van der Waals surface area contributed by atoms with Gasteiger partial charge in [0.15, 0.2) is 0 Å². The summed E-state index contributed by atoms with van der Waals surface area (Å²) in [6.07, 6.45) is -2.86. The van der Waals surface area contributed by atoms with Gasteiger partial charge in [-0.3, -0.25) is 0 Å². The predicted molar refractivity (Wildman–Crippen MR) is 85.0 cm³/mol. The molecule has 0 amide bonds. The first-order valence-corrected chi connectivity index (χ1v) is 7.73. The van der Waals surface area contributed by atoms with Crippen molar-refractivity contribution in [2.75, 3.05) is 0 Å².